The summed E-state index contributed by atoms with van der Waals surface area (Å²) in [5, 5.41) is 8.72. The Hall–Kier alpha value is -2.93. The zero-order valence-electron chi connectivity index (χ0n) is 12.4. The molecule has 4 aromatic rings. The molecule has 0 saturated carbocycles. The van der Waals surface area contributed by atoms with Crippen LogP contribution in [0.25, 0.3) is 16.6 Å². The molecule has 4 heterocycles. The van der Waals surface area contributed by atoms with Crippen LogP contribution in [0.1, 0.15) is 5.69 Å². The molecule has 0 aliphatic heterocycles. The van der Waals surface area contributed by atoms with Crippen LogP contribution in [0.3, 0.4) is 0 Å². The predicted octanol–water partition coefficient (Wildman–Crippen LogP) is 1.16. The topological polar surface area (TPSA) is 80.0 Å². The van der Waals surface area contributed by atoms with Gasteiger partial charge in [-0.3, -0.25) is 9.38 Å². The molecule has 0 aliphatic rings. The molecule has 0 bridgehead atoms. The summed E-state index contributed by atoms with van der Waals surface area (Å²) in [5.41, 5.74) is 2.73. The minimum atomic E-state index is -0.112. The monoisotopic (exact) mass is 308 g/mol. The molecule has 7 nitrogen and oxygen atoms in total. The Balaban J connectivity index is 1.39. The molecule has 0 unspecified atom stereocenters. The smallest absolute Gasteiger partial charge is 0.350 e. The highest BCUT2D eigenvalue weighted by Crippen LogP contribution is 2.12. The van der Waals surface area contributed by atoms with Crippen molar-refractivity contribution in [1.29, 1.82) is 0 Å². The average molecular weight is 308 g/mol. The van der Waals surface area contributed by atoms with Crippen molar-refractivity contribution in [3.63, 3.8) is 0 Å². The molecule has 7 heteroatoms. The van der Waals surface area contributed by atoms with Gasteiger partial charge in [0, 0.05) is 48.3 Å². The summed E-state index contributed by atoms with van der Waals surface area (Å²) >= 11 is 0. The maximum atomic E-state index is 12.1. The number of aromatic amines is 1. The Morgan fingerprint density at radius 1 is 1.26 bits per heavy atom. The number of H-pyrrole nitrogens is 1. The highest BCUT2D eigenvalue weighted by atomic mass is 16.2. The fourth-order valence-electron chi connectivity index (χ4n) is 2.65. The lowest BCUT2D eigenvalue weighted by atomic mass is 10.3. The Bertz CT molecular complexity index is 979. The quantitative estimate of drug-likeness (QED) is 0.542. The summed E-state index contributed by atoms with van der Waals surface area (Å²) in [6.45, 7) is 1.90. The van der Waals surface area contributed by atoms with Crippen molar-refractivity contribution < 1.29 is 0 Å². The van der Waals surface area contributed by atoms with E-state index < -0.39 is 0 Å². The molecule has 4 rings (SSSR count). The van der Waals surface area contributed by atoms with E-state index in [1.54, 1.807) is 16.8 Å². The third kappa shape index (κ3) is 2.62. The number of nitrogens with zero attached hydrogens (tertiary/aromatic N) is 4. The minimum Gasteiger partial charge on any atom is -0.357 e. The first-order valence-corrected chi connectivity index (χ1v) is 7.48. The van der Waals surface area contributed by atoms with Gasteiger partial charge in [0.2, 0.25) is 0 Å². The van der Waals surface area contributed by atoms with Gasteiger partial charge in [0.1, 0.15) is 0 Å². The molecule has 0 spiro atoms. The molecular formula is C16H16N6O. The Kier molecular flexibility index (Phi) is 3.39. The summed E-state index contributed by atoms with van der Waals surface area (Å²) in [6, 6.07) is 9.55. The van der Waals surface area contributed by atoms with Crippen LogP contribution in [0, 0.1) is 0 Å². The highest BCUT2D eigenvalue weighted by Gasteiger charge is 2.05. The van der Waals surface area contributed by atoms with E-state index in [1.165, 1.54) is 4.68 Å². The summed E-state index contributed by atoms with van der Waals surface area (Å²) in [5.74, 6) is 0. The lowest BCUT2D eigenvalue weighted by Crippen LogP contribution is -2.27. The van der Waals surface area contributed by atoms with Gasteiger partial charge in [-0.25, -0.2) is 9.48 Å². The number of fused-ring (bicyclic) bond motifs is 2. The number of hydrogen-bond acceptors (Lipinski definition) is 4. The predicted molar refractivity (Wildman–Crippen MR) is 87.3 cm³/mol. The summed E-state index contributed by atoms with van der Waals surface area (Å²) < 4.78 is 3.03. The van der Waals surface area contributed by atoms with Gasteiger partial charge in [0.25, 0.3) is 0 Å². The number of pyridine rings is 2. The second-order valence-electron chi connectivity index (χ2n) is 5.37. The summed E-state index contributed by atoms with van der Waals surface area (Å²) in [7, 11) is 0. The van der Waals surface area contributed by atoms with Gasteiger partial charge in [0.05, 0.1) is 6.54 Å². The van der Waals surface area contributed by atoms with Crippen LogP contribution >= 0.6 is 0 Å². The SMILES string of the molecule is O=c1n(CCNCc2cc3cnccc3[nH]2)nc2ccccn12. The maximum absolute atomic E-state index is 12.1. The second kappa shape index (κ2) is 5.69. The Morgan fingerprint density at radius 3 is 3.09 bits per heavy atom. The van der Waals surface area contributed by atoms with Crippen molar-refractivity contribution in [3.8, 4) is 0 Å². The first kappa shape index (κ1) is 13.7. The third-order valence-electron chi connectivity index (χ3n) is 3.78. The number of hydrogen-bond donors (Lipinski definition) is 2. The van der Waals surface area contributed by atoms with Crippen LogP contribution in [0.5, 0.6) is 0 Å². The van der Waals surface area contributed by atoms with E-state index in [9.17, 15) is 4.79 Å². The van der Waals surface area contributed by atoms with Crippen molar-refractivity contribution >= 4 is 16.6 Å². The molecule has 0 fully saturated rings. The summed E-state index contributed by atoms with van der Waals surface area (Å²) in [6.07, 6.45) is 5.34. The minimum absolute atomic E-state index is 0.112. The van der Waals surface area contributed by atoms with E-state index in [4.69, 9.17) is 0 Å². The standard InChI is InChI=1S/C16H16N6O/c23-16-21-7-2-1-3-15(21)20-22(16)8-6-18-11-13-9-12-10-17-5-4-14(12)19-13/h1-5,7,9-10,18-19H,6,8,11H2. The van der Waals surface area contributed by atoms with E-state index >= 15 is 0 Å². The van der Waals surface area contributed by atoms with Gasteiger partial charge in [0.15, 0.2) is 5.65 Å². The Morgan fingerprint density at radius 2 is 2.22 bits per heavy atom. The zero-order valence-corrected chi connectivity index (χ0v) is 12.4. The molecule has 0 aromatic carbocycles. The molecule has 0 radical (unpaired) electrons. The lowest BCUT2D eigenvalue weighted by Gasteiger charge is -2.02. The molecule has 23 heavy (non-hydrogen) atoms. The van der Waals surface area contributed by atoms with Crippen LogP contribution in [0.15, 0.2) is 53.7 Å². The van der Waals surface area contributed by atoms with E-state index in [1.807, 2.05) is 30.5 Å². The largest absolute Gasteiger partial charge is 0.357 e. The van der Waals surface area contributed by atoms with Gasteiger partial charge in [-0.1, -0.05) is 6.07 Å². The summed E-state index contributed by atoms with van der Waals surface area (Å²) in [4.78, 5) is 19.6. The fourth-order valence-corrected chi connectivity index (χ4v) is 2.65. The van der Waals surface area contributed by atoms with E-state index in [0.717, 1.165) is 16.6 Å². The van der Waals surface area contributed by atoms with Gasteiger partial charge < -0.3 is 10.3 Å². The number of rotatable bonds is 5. The van der Waals surface area contributed by atoms with Crippen LogP contribution in [-0.2, 0) is 13.1 Å². The molecule has 116 valence electrons. The van der Waals surface area contributed by atoms with E-state index in [-0.39, 0.29) is 5.69 Å². The van der Waals surface area contributed by atoms with Crippen molar-refractivity contribution in [2.24, 2.45) is 0 Å². The first-order valence-electron chi connectivity index (χ1n) is 7.48. The average Bonchev–Trinajstić information content (AvgIpc) is 3.13. The van der Waals surface area contributed by atoms with Crippen molar-refractivity contribution in [2.75, 3.05) is 6.54 Å². The van der Waals surface area contributed by atoms with Crippen molar-refractivity contribution in [1.82, 2.24) is 29.5 Å². The molecule has 0 saturated heterocycles. The van der Waals surface area contributed by atoms with Crippen LogP contribution in [0.4, 0.5) is 0 Å². The van der Waals surface area contributed by atoms with Gasteiger partial charge in [-0.05, 0) is 24.3 Å². The molecule has 0 aliphatic carbocycles. The van der Waals surface area contributed by atoms with Crippen molar-refractivity contribution in [3.05, 3.63) is 65.1 Å². The molecular weight excluding hydrogens is 292 g/mol. The van der Waals surface area contributed by atoms with Crippen LogP contribution < -0.4 is 11.0 Å². The number of aromatic nitrogens is 5. The number of nitrogens with one attached hydrogen (secondary N) is 2. The Labute approximate surface area is 131 Å². The lowest BCUT2D eigenvalue weighted by molar-refractivity contribution is 0.539. The first-order chi connectivity index (χ1) is 11.3. The fraction of sp³-hybridized carbons (Fsp3) is 0.188. The van der Waals surface area contributed by atoms with Gasteiger partial charge in [-0.2, -0.15) is 0 Å². The third-order valence-corrected chi connectivity index (χ3v) is 3.78. The highest BCUT2D eigenvalue weighted by molar-refractivity contribution is 5.79. The van der Waals surface area contributed by atoms with E-state index in [0.29, 0.717) is 25.3 Å². The van der Waals surface area contributed by atoms with E-state index in [2.05, 4.69) is 26.4 Å². The molecule has 4 aromatic heterocycles. The molecule has 0 atom stereocenters. The zero-order chi connectivity index (χ0) is 15.6. The second-order valence-corrected chi connectivity index (χ2v) is 5.37. The van der Waals surface area contributed by atoms with Gasteiger partial charge in [-0.15, -0.1) is 5.10 Å². The van der Waals surface area contributed by atoms with Crippen molar-refractivity contribution in [2.45, 2.75) is 13.1 Å². The molecule has 0 amide bonds. The maximum Gasteiger partial charge on any atom is 0.350 e. The van der Waals surface area contributed by atoms with Gasteiger partial charge >= 0.3 is 5.69 Å². The van der Waals surface area contributed by atoms with Crippen LogP contribution in [-0.4, -0.2) is 30.7 Å². The van der Waals surface area contributed by atoms with Crippen LogP contribution in [0.2, 0.25) is 0 Å². The normalized spacial score (nSPS) is 11.5. The molecule has 2 N–H and O–H groups in total.